The summed E-state index contributed by atoms with van der Waals surface area (Å²) in [4.78, 5) is 55.7. The summed E-state index contributed by atoms with van der Waals surface area (Å²) in [6.45, 7) is 20.8. The van der Waals surface area contributed by atoms with E-state index >= 15 is 0 Å². The second kappa shape index (κ2) is 23.0. The van der Waals surface area contributed by atoms with Gasteiger partial charge >= 0.3 is 12.1 Å². The van der Waals surface area contributed by atoms with Crippen molar-refractivity contribution in [3.63, 3.8) is 0 Å². The molecule has 55 heavy (non-hydrogen) atoms. The van der Waals surface area contributed by atoms with E-state index in [-0.39, 0.29) is 36.6 Å². The van der Waals surface area contributed by atoms with Gasteiger partial charge in [-0.15, -0.1) is 0 Å². The number of nitrogens with one attached hydrogen (secondary N) is 2. The summed E-state index contributed by atoms with van der Waals surface area (Å²) in [5, 5.41) is 9.66. The van der Waals surface area contributed by atoms with Crippen LogP contribution < -0.4 is 25.8 Å². The Bertz CT molecular complexity index is 1440. The molecular weight excluding hydrogens is 708 g/mol. The van der Waals surface area contributed by atoms with E-state index in [9.17, 15) is 24.7 Å². The molecule has 0 saturated carbocycles. The van der Waals surface area contributed by atoms with Crippen LogP contribution in [-0.2, 0) is 35.0 Å². The number of primary amides is 1. The molecule has 0 aliphatic rings. The quantitative estimate of drug-likeness (QED) is 0.0333. The predicted molar refractivity (Wildman–Crippen MR) is 211 cm³/mol. The number of azide groups is 1. The number of carbonyl (C=O) groups excluding carboxylic acids is 4. The molecule has 0 saturated heterocycles. The Morgan fingerprint density at radius 2 is 1.56 bits per heavy atom. The van der Waals surface area contributed by atoms with Gasteiger partial charge in [0.05, 0.1) is 25.2 Å². The number of alkyl carbamates (subject to hydrolysis) is 1. The molecule has 312 valence electrons. The lowest BCUT2D eigenvalue weighted by Gasteiger charge is -2.34. The molecule has 0 aliphatic heterocycles. The normalized spacial score (nSPS) is 14.6. The summed E-state index contributed by atoms with van der Waals surface area (Å²) < 4.78 is 28.3. The minimum atomic E-state index is -1.10. The number of methoxy groups -OCH3 is 2. The van der Waals surface area contributed by atoms with Crippen molar-refractivity contribution in [1.82, 2.24) is 10.6 Å². The smallest absolute Gasteiger partial charge is 0.408 e. The Morgan fingerprint density at radius 1 is 0.909 bits per heavy atom. The Balaban J connectivity index is 3.62. The van der Waals surface area contributed by atoms with E-state index in [2.05, 4.69) is 34.5 Å². The third kappa shape index (κ3) is 17.4. The average Bonchev–Trinajstić information content (AvgIpc) is 3.08. The first kappa shape index (κ1) is 48.8. The van der Waals surface area contributed by atoms with Crippen molar-refractivity contribution >= 4 is 23.9 Å². The molecule has 1 aromatic rings. The number of nitrogens with zero attached hydrogens (tertiary/aromatic N) is 3. The van der Waals surface area contributed by atoms with E-state index in [0.717, 1.165) is 5.56 Å². The third-order valence-electron chi connectivity index (χ3n) is 9.45. The first-order valence-electron chi connectivity index (χ1n) is 19.2. The molecule has 0 unspecified atom stereocenters. The van der Waals surface area contributed by atoms with Crippen molar-refractivity contribution < 1.29 is 42.9 Å². The van der Waals surface area contributed by atoms with Gasteiger partial charge in [0.2, 0.25) is 11.8 Å². The molecule has 1 rings (SSSR count). The summed E-state index contributed by atoms with van der Waals surface area (Å²) >= 11 is 0. The summed E-state index contributed by atoms with van der Waals surface area (Å²) in [5.74, 6) is -1.84. The predicted octanol–water partition coefficient (Wildman–Crippen LogP) is 6.75. The van der Waals surface area contributed by atoms with Gasteiger partial charge in [0.1, 0.15) is 17.7 Å². The van der Waals surface area contributed by atoms with Crippen LogP contribution in [0.15, 0.2) is 23.3 Å². The average molecular weight is 777 g/mol. The minimum Gasteiger partial charge on any atom is -0.493 e. The molecule has 0 aromatic heterocycles. The van der Waals surface area contributed by atoms with Crippen LogP contribution >= 0.6 is 0 Å². The van der Waals surface area contributed by atoms with Crippen LogP contribution in [0.3, 0.4) is 0 Å². The molecule has 5 atom stereocenters. The molecule has 15 heteroatoms. The molecule has 0 radical (unpaired) electrons. The highest BCUT2D eigenvalue weighted by Crippen LogP contribution is 2.33. The van der Waals surface area contributed by atoms with Crippen molar-refractivity contribution in [2.45, 2.75) is 126 Å². The van der Waals surface area contributed by atoms with Gasteiger partial charge in [0, 0.05) is 37.5 Å². The summed E-state index contributed by atoms with van der Waals surface area (Å²) in [5.41, 5.74) is 14.6. The summed E-state index contributed by atoms with van der Waals surface area (Å²) in [7, 11) is 3.22. The largest absolute Gasteiger partial charge is 0.493 e. The number of amides is 3. The first-order chi connectivity index (χ1) is 25.6. The first-order valence-corrected chi connectivity index (χ1v) is 19.2. The Morgan fingerprint density at radius 3 is 2.07 bits per heavy atom. The van der Waals surface area contributed by atoms with Crippen LogP contribution in [0.25, 0.3) is 10.4 Å². The highest BCUT2D eigenvalue weighted by Gasteiger charge is 2.38. The maximum absolute atomic E-state index is 14.0. The second-order valence-corrected chi connectivity index (χ2v) is 16.8. The molecule has 0 spiro atoms. The van der Waals surface area contributed by atoms with Crippen molar-refractivity contribution in [1.29, 1.82) is 0 Å². The molecular formula is C40H68N6O9. The minimum absolute atomic E-state index is 0.00000700. The van der Waals surface area contributed by atoms with Gasteiger partial charge in [-0.3, -0.25) is 9.59 Å². The molecule has 3 amide bonds. The van der Waals surface area contributed by atoms with Gasteiger partial charge in [-0.1, -0.05) is 52.7 Å². The SMILES string of the molecule is COCCCOc1cc(C[C@@H](C[C@H](N=[N+]=[N-])[C@H](C[C@H](C(=O)NCC(C)(C)C(N)=O)C(C)C)OC(=O)[C@@H](NC(=O)OC(C)(C)C)C(C)C)C(C)C)ccc1OC. The molecule has 0 heterocycles. The monoisotopic (exact) mass is 777 g/mol. The fourth-order valence-corrected chi connectivity index (χ4v) is 5.79. The number of hydrogen-bond donors (Lipinski definition) is 3. The number of nitrogens with two attached hydrogens (primary N) is 1. The molecule has 4 N–H and O–H groups in total. The van der Waals surface area contributed by atoms with Gasteiger partial charge < -0.3 is 40.1 Å². The number of ether oxygens (including phenoxy) is 5. The van der Waals surface area contributed by atoms with E-state index in [1.54, 1.807) is 62.7 Å². The number of benzene rings is 1. The van der Waals surface area contributed by atoms with Crippen molar-refractivity contribution in [2.24, 2.45) is 45.9 Å². The Labute approximate surface area is 328 Å². The van der Waals surface area contributed by atoms with Crippen LogP contribution in [0.1, 0.15) is 101 Å². The van der Waals surface area contributed by atoms with E-state index in [0.29, 0.717) is 44.0 Å². The zero-order valence-electron chi connectivity index (χ0n) is 35.4. The number of carbonyl (C=O) groups is 4. The number of esters is 1. The Hall–Kier alpha value is -4.23. The maximum atomic E-state index is 14.0. The second-order valence-electron chi connectivity index (χ2n) is 16.8. The van der Waals surface area contributed by atoms with Crippen molar-refractivity contribution in [3.05, 3.63) is 34.2 Å². The number of hydrogen-bond acceptors (Lipinski definition) is 10. The van der Waals surface area contributed by atoms with E-state index in [1.807, 2.05) is 32.0 Å². The lowest BCUT2D eigenvalue weighted by atomic mass is 9.80. The van der Waals surface area contributed by atoms with E-state index < -0.39 is 59.0 Å². The molecule has 0 bridgehead atoms. The fourth-order valence-electron chi connectivity index (χ4n) is 5.79. The molecule has 1 aromatic carbocycles. The fraction of sp³-hybridized carbons (Fsp3) is 0.750. The van der Waals surface area contributed by atoms with Crippen LogP contribution in [0.5, 0.6) is 11.5 Å². The van der Waals surface area contributed by atoms with Crippen LogP contribution in [0.4, 0.5) is 4.79 Å². The van der Waals surface area contributed by atoms with Crippen molar-refractivity contribution in [2.75, 3.05) is 34.0 Å². The molecule has 15 nitrogen and oxygen atoms in total. The molecule has 0 fully saturated rings. The third-order valence-corrected chi connectivity index (χ3v) is 9.45. The lowest BCUT2D eigenvalue weighted by Crippen LogP contribution is -2.50. The van der Waals surface area contributed by atoms with Crippen LogP contribution in [0, 0.1) is 35.0 Å². The van der Waals surface area contributed by atoms with Gasteiger partial charge in [0.25, 0.3) is 0 Å². The zero-order valence-corrected chi connectivity index (χ0v) is 35.4. The standard InChI is InChI=1S/C40H68N6O9/c1-24(2)28(19-27-15-16-31(52-13)33(20-27)53-18-14-17-51-12)21-30(45-46-42)32(22-29(25(3)4)35(47)43-23-40(10,11)37(41)49)54-36(48)34(26(5)6)44-38(50)55-39(7,8)9/h15-16,20,24-26,28-30,32,34H,14,17-19,21-23H2,1-13H3,(H2,41,49)(H,43,47)(H,44,50)/t28-,29-,30-,32-,34-/m0/s1. The van der Waals surface area contributed by atoms with Gasteiger partial charge in [0.15, 0.2) is 11.5 Å². The van der Waals surface area contributed by atoms with Gasteiger partial charge in [-0.05, 0) is 101 Å². The van der Waals surface area contributed by atoms with E-state index in [4.69, 9.17) is 29.4 Å². The highest BCUT2D eigenvalue weighted by atomic mass is 16.6. The van der Waals surface area contributed by atoms with Gasteiger partial charge in [-0.25, -0.2) is 9.59 Å². The summed E-state index contributed by atoms with van der Waals surface area (Å²) in [6, 6.07) is 3.74. The highest BCUT2D eigenvalue weighted by molar-refractivity contribution is 5.83. The topological polar surface area (TPSA) is 213 Å². The van der Waals surface area contributed by atoms with E-state index in [1.165, 1.54) is 0 Å². The Kier molecular flexibility index (Phi) is 20.4. The zero-order chi connectivity index (χ0) is 42.1. The van der Waals surface area contributed by atoms with Crippen LogP contribution in [0.2, 0.25) is 0 Å². The van der Waals surface area contributed by atoms with Crippen LogP contribution in [-0.4, -0.2) is 81.6 Å². The molecule has 0 aliphatic carbocycles. The maximum Gasteiger partial charge on any atom is 0.408 e. The summed E-state index contributed by atoms with van der Waals surface area (Å²) in [6.07, 6.45) is -0.272. The number of rotatable bonds is 24. The van der Waals surface area contributed by atoms with Gasteiger partial charge in [-0.2, -0.15) is 0 Å². The van der Waals surface area contributed by atoms with Crippen molar-refractivity contribution in [3.8, 4) is 11.5 Å². The lowest BCUT2D eigenvalue weighted by molar-refractivity contribution is -0.156.